The number of nitrogens with zero attached hydrogens (tertiary/aromatic N) is 1. The number of para-hydroxylation sites is 1. The van der Waals surface area contributed by atoms with Crippen molar-refractivity contribution in [3.63, 3.8) is 0 Å². The zero-order valence-corrected chi connectivity index (χ0v) is 11.2. The van der Waals surface area contributed by atoms with Crippen LogP contribution in [0.2, 0.25) is 0 Å². The van der Waals surface area contributed by atoms with Crippen LogP contribution in [0.25, 0.3) is 43.5 Å². The van der Waals surface area contributed by atoms with Crippen molar-refractivity contribution in [2.24, 2.45) is 0 Å². The topological polar surface area (TPSA) is 26.0 Å². The van der Waals surface area contributed by atoms with Crippen LogP contribution in [0.15, 0.2) is 71.3 Å². The minimum absolute atomic E-state index is 0.905. The molecule has 2 nitrogen and oxygen atoms in total. The number of fused-ring (bicyclic) bond motifs is 7. The average Bonchev–Trinajstić information content (AvgIpc) is 2.93. The van der Waals surface area contributed by atoms with Crippen LogP contribution >= 0.6 is 0 Å². The Kier molecular flexibility index (Phi) is 1.98. The molecule has 0 fully saturated rings. The van der Waals surface area contributed by atoms with E-state index in [4.69, 9.17) is 9.40 Å². The molecule has 2 heterocycles. The summed E-state index contributed by atoms with van der Waals surface area (Å²) in [4.78, 5) is 4.74. The predicted octanol–water partition coefficient (Wildman–Crippen LogP) is 5.29. The molecule has 0 saturated heterocycles. The molecule has 5 rings (SSSR count). The van der Waals surface area contributed by atoms with Crippen LogP contribution in [0.1, 0.15) is 0 Å². The van der Waals surface area contributed by atoms with E-state index in [9.17, 15) is 0 Å². The molecule has 3 aromatic carbocycles. The number of benzene rings is 3. The molecule has 0 spiro atoms. The standard InChI is InChI=1S/C19H11NO/c1-2-6-15-13(4-1)19-16(20-15)9-7-12-8-10-17-14(18(12)19)5-3-11-21-17/h1-11H. The normalized spacial score (nSPS) is 11.8. The van der Waals surface area contributed by atoms with Gasteiger partial charge in [-0.25, -0.2) is 4.98 Å². The van der Waals surface area contributed by atoms with Crippen LogP contribution in [-0.2, 0) is 0 Å². The van der Waals surface area contributed by atoms with E-state index in [1.54, 1.807) is 6.26 Å². The van der Waals surface area contributed by atoms with Crippen LogP contribution < -0.4 is 0 Å². The highest BCUT2D eigenvalue weighted by Gasteiger charge is 2.11. The lowest BCUT2D eigenvalue weighted by atomic mass is 10.00. The fourth-order valence-corrected chi connectivity index (χ4v) is 3.21. The summed E-state index contributed by atoms with van der Waals surface area (Å²) in [6, 6.07) is 20.7. The monoisotopic (exact) mass is 269 g/mol. The van der Waals surface area contributed by atoms with Gasteiger partial charge in [-0.05, 0) is 35.7 Å². The third-order valence-corrected chi connectivity index (χ3v) is 4.12. The Bertz CT molecular complexity index is 1140. The third kappa shape index (κ3) is 1.39. The molecule has 2 aromatic heterocycles. The highest BCUT2D eigenvalue weighted by atomic mass is 16.3. The molecular weight excluding hydrogens is 258 g/mol. The summed E-state index contributed by atoms with van der Waals surface area (Å²) in [5.41, 5.74) is 2.99. The second kappa shape index (κ2) is 3.83. The van der Waals surface area contributed by atoms with Gasteiger partial charge in [0.2, 0.25) is 0 Å². The molecule has 0 atom stereocenters. The van der Waals surface area contributed by atoms with Gasteiger partial charge in [-0.3, -0.25) is 0 Å². The van der Waals surface area contributed by atoms with Gasteiger partial charge in [0.15, 0.2) is 0 Å². The molecule has 0 unspecified atom stereocenters. The van der Waals surface area contributed by atoms with E-state index in [1.807, 2.05) is 18.2 Å². The molecule has 0 aliphatic carbocycles. The van der Waals surface area contributed by atoms with Gasteiger partial charge in [0.25, 0.3) is 0 Å². The second-order valence-corrected chi connectivity index (χ2v) is 5.28. The zero-order chi connectivity index (χ0) is 13.8. The fraction of sp³-hybridized carbons (Fsp3) is 0. The largest absolute Gasteiger partial charge is 0.464 e. The molecule has 21 heavy (non-hydrogen) atoms. The Hall–Kier alpha value is -2.87. The quantitative estimate of drug-likeness (QED) is 0.357. The lowest BCUT2D eigenvalue weighted by Crippen LogP contribution is -1.79. The Labute approximate surface area is 120 Å². The van der Waals surface area contributed by atoms with Crippen LogP contribution in [0.3, 0.4) is 0 Å². The Morgan fingerprint density at radius 2 is 1.52 bits per heavy atom. The van der Waals surface area contributed by atoms with Crippen LogP contribution in [0, 0.1) is 0 Å². The van der Waals surface area contributed by atoms with Crippen molar-refractivity contribution in [2.75, 3.05) is 0 Å². The molecular formula is C19H11NO. The molecule has 0 saturated carbocycles. The lowest BCUT2D eigenvalue weighted by Gasteiger charge is -2.04. The second-order valence-electron chi connectivity index (χ2n) is 5.28. The maximum Gasteiger partial charge on any atom is 0.134 e. The van der Waals surface area contributed by atoms with Gasteiger partial charge in [0.05, 0.1) is 17.3 Å². The molecule has 2 heteroatoms. The smallest absolute Gasteiger partial charge is 0.134 e. The summed E-state index contributed by atoms with van der Waals surface area (Å²) in [7, 11) is 0. The van der Waals surface area contributed by atoms with E-state index in [1.165, 1.54) is 21.5 Å². The van der Waals surface area contributed by atoms with Gasteiger partial charge in [-0.15, -0.1) is 0 Å². The highest BCUT2D eigenvalue weighted by Crippen LogP contribution is 2.36. The first-order chi connectivity index (χ1) is 10.4. The number of hydrogen-bond donors (Lipinski definition) is 0. The predicted molar refractivity (Wildman–Crippen MR) is 86.5 cm³/mol. The molecule has 0 aliphatic rings. The van der Waals surface area contributed by atoms with Crippen LogP contribution in [0.4, 0.5) is 0 Å². The van der Waals surface area contributed by atoms with Crippen molar-refractivity contribution >= 4 is 43.5 Å². The van der Waals surface area contributed by atoms with Crippen molar-refractivity contribution in [1.29, 1.82) is 0 Å². The van der Waals surface area contributed by atoms with Crippen molar-refractivity contribution in [2.45, 2.75) is 0 Å². The Balaban J connectivity index is 2.19. The van der Waals surface area contributed by atoms with Crippen molar-refractivity contribution in [3.05, 3.63) is 66.9 Å². The first-order valence-corrected chi connectivity index (χ1v) is 6.99. The minimum Gasteiger partial charge on any atom is -0.464 e. The number of hydrogen-bond acceptors (Lipinski definition) is 2. The van der Waals surface area contributed by atoms with Crippen molar-refractivity contribution < 1.29 is 4.42 Å². The first kappa shape index (κ1) is 10.9. The lowest BCUT2D eigenvalue weighted by molar-refractivity contribution is 0.604. The fourth-order valence-electron chi connectivity index (χ4n) is 3.21. The third-order valence-electron chi connectivity index (χ3n) is 4.12. The summed E-state index contributed by atoms with van der Waals surface area (Å²) in [5.74, 6) is 0. The van der Waals surface area contributed by atoms with Crippen LogP contribution in [-0.4, -0.2) is 4.98 Å². The molecule has 0 radical (unpaired) electrons. The van der Waals surface area contributed by atoms with Gasteiger partial charge in [-0.2, -0.15) is 0 Å². The average molecular weight is 269 g/mol. The van der Waals surface area contributed by atoms with Crippen molar-refractivity contribution in [3.8, 4) is 0 Å². The molecule has 0 amide bonds. The molecule has 98 valence electrons. The van der Waals surface area contributed by atoms with E-state index in [0.717, 1.165) is 22.0 Å². The Morgan fingerprint density at radius 3 is 2.52 bits per heavy atom. The highest BCUT2D eigenvalue weighted by molar-refractivity contribution is 6.26. The van der Waals surface area contributed by atoms with E-state index in [-0.39, 0.29) is 0 Å². The number of rotatable bonds is 0. The van der Waals surface area contributed by atoms with E-state index in [0.29, 0.717) is 0 Å². The van der Waals surface area contributed by atoms with Gasteiger partial charge in [0.1, 0.15) is 5.58 Å². The van der Waals surface area contributed by atoms with Gasteiger partial charge >= 0.3 is 0 Å². The zero-order valence-electron chi connectivity index (χ0n) is 11.2. The van der Waals surface area contributed by atoms with E-state index >= 15 is 0 Å². The summed E-state index contributed by atoms with van der Waals surface area (Å²) >= 11 is 0. The van der Waals surface area contributed by atoms with Crippen molar-refractivity contribution in [1.82, 2.24) is 4.98 Å². The molecule has 0 N–H and O–H groups in total. The van der Waals surface area contributed by atoms with Gasteiger partial charge in [-0.1, -0.05) is 30.3 Å². The summed E-state index contributed by atoms with van der Waals surface area (Å²) < 4.78 is 5.64. The maximum absolute atomic E-state index is 5.64. The van der Waals surface area contributed by atoms with Gasteiger partial charge in [0, 0.05) is 21.5 Å². The maximum atomic E-state index is 5.64. The molecule has 0 aliphatic heterocycles. The van der Waals surface area contributed by atoms with Gasteiger partial charge < -0.3 is 4.42 Å². The number of aromatic nitrogens is 1. The Morgan fingerprint density at radius 1 is 0.667 bits per heavy atom. The van der Waals surface area contributed by atoms with E-state index < -0.39 is 0 Å². The summed E-state index contributed by atoms with van der Waals surface area (Å²) in [6.07, 6.45) is 1.72. The molecule has 5 aromatic rings. The SMILES string of the molecule is c1ccc2c(c1)nc1ccc3ccc4occcc4c3c12. The first-order valence-electron chi connectivity index (χ1n) is 6.99. The summed E-state index contributed by atoms with van der Waals surface area (Å²) in [6.45, 7) is 0. The van der Waals surface area contributed by atoms with Crippen LogP contribution in [0.5, 0.6) is 0 Å². The summed E-state index contributed by atoms with van der Waals surface area (Å²) in [5, 5.41) is 6.00. The van der Waals surface area contributed by atoms with E-state index in [2.05, 4.69) is 42.5 Å². The minimum atomic E-state index is 0.905. The molecule has 0 bridgehead atoms.